The van der Waals surface area contributed by atoms with E-state index >= 15 is 0 Å². The number of nitriles is 1. The maximum atomic E-state index is 13.5. The average molecular weight is 614 g/mol. The van der Waals surface area contributed by atoms with Crippen LogP contribution in [-0.2, 0) is 20.8 Å². The monoisotopic (exact) mass is 613 g/mol. The number of nitrogens with one attached hydrogen (secondary N) is 1. The summed E-state index contributed by atoms with van der Waals surface area (Å²) in [6, 6.07) is 11.3. The van der Waals surface area contributed by atoms with Crippen molar-refractivity contribution in [3.05, 3.63) is 53.9 Å². The number of benzene rings is 1. The van der Waals surface area contributed by atoms with Crippen LogP contribution in [0.2, 0.25) is 0 Å². The second kappa shape index (κ2) is 11.0. The van der Waals surface area contributed by atoms with Gasteiger partial charge in [-0.3, -0.25) is 9.78 Å². The van der Waals surface area contributed by atoms with Gasteiger partial charge in [0.15, 0.2) is 9.84 Å². The summed E-state index contributed by atoms with van der Waals surface area (Å²) in [5, 5.41) is 12.4. The fraction of sp³-hybridized carbons (Fsp3) is 0.467. The number of halogens is 3. The quantitative estimate of drug-likeness (QED) is 0.407. The van der Waals surface area contributed by atoms with Crippen LogP contribution in [0.1, 0.15) is 55.8 Å². The first kappa shape index (κ1) is 29.2. The molecule has 3 aromatic rings. The Bertz CT molecular complexity index is 1660. The van der Waals surface area contributed by atoms with Crippen molar-refractivity contribution in [2.24, 2.45) is 5.92 Å². The Morgan fingerprint density at radius 3 is 2.44 bits per heavy atom. The van der Waals surface area contributed by atoms with Crippen LogP contribution in [0.15, 0.2) is 47.0 Å². The molecule has 2 saturated carbocycles. The van der Waals surface area contributed by atoms with Gasteiger partial charge in [-0.25, -0.2) is 13.4 Å². The van der Waals surface area contributed by atoms with Crippen LogP contribution in [0.25, 0.3) is 22.8 Å². The van der Waals surface area contributed by atoms with Gasteiger partial charge in [0.25, 0.3) is 0 Å². The summed E-state index contributed by atoms with van der Waals surface area (Å²) < 4.78 is 70.4. The van der Waals surface area contributed by atoms with Gasteiger partial charge in [-0.05, 0) is 49.9 Å². The maximum Gasteiger partial charge on any atom is 0.416 e. The number of anilines is 1. The number of rotatable bonds is 6. The first-order valence-electron chi connectivity index (χ1n) is 14.3. The normalized spacial score (nSPS) is 22.9. The molecule has 2 aromatic heterocycles. The zero-order valence-electron chi connectivity index (χ0n) is 23.2. The van der Waals surface area contributed by atoms with Gasteiger partial charge in [0.1, 0.15) is 22.7 Å². The Hall–Kier alpha value is -3.92. The minimum atomic E-state index is -4.58. The van der Waals surface area contributed by atoms with E-state index in [-0.39, 0.29) is 29.0 Å². The van der Waals surface area contributed by atoms with Crippen LogP contribution in [-0.4, -0.2) is 54.4 Å². The molecule has 1 saturated heterocycles. The average Bonchev–Trinajstić information content (AvgIpc) is 3.63. The fourth-order valence-corrected chi connectivity index (χ4v) is 7.10. The molecular weight excluding hydrogens is 583 g/mol. The molecule has 2 atom stereocenters. The van der Waals surface area contributed by atoms with Crippen molar-refractivity contribution in [3.63, 3.8) is 0 Å². The Kier molecular flexibility index (Phi) is 7.44. The molecular formula is C30H30F3N5O4S. The lowest BCUT2D eigenvalue weighted by molar-refractivity contribution is -0.137. The smallest absolute Gasteiger partial charge is 0.416 e. The number of pyridine rings is 1. The lowest BCUT2D eigenvalue weighted by atomic mass is 9.76. The molecule has 0 radical (unpaired) electrons. The molecule has 0 bridgehead atoms. The van der Waals surface area contributed by atoms with Gasteiger partial charge in [-0.2, -0.15) is 18.4 Å². The molecule has 3 heterocycles. The van der Waals surface area contributed by atoms with E-state index in [1.54, 1.807) is 0 Å². The van der Waals surface area contributed by atoms with Gasteiger partial charge in [0, 0.05) is 42.4 Å². The SMILES string of the molecule is N#CC1(NC(=O)C2CCCCC2c2oc(-c3cc(C(F)(F)F)ccn3)nc2-c2ccc(N3CCS(=O)(=O)CC3)cc2)CC1. The number of alkyl halides is 3. The summed E-state index contributed by atoms with van der Waals surface area (Å²) in [7, 11) is -3.04. The summed E-state index contributed by atoms with van der Waals surface area (Å²) >= 11 is 0. The van der Waals surface area contributed by atoms with Crippen LogP contribution in [0.3, 0.4) is 0 Å². The summed E-state index contributed by atoms with van der Waals surface area (Å²) in [6.45, 7) is 0.761. The van der Waals surface area contributed by atoms with E-state index in [2.05, 4.69) is 21.4 Å². The van der Waals surface area contributed by atoms with Gasteiger partial charge in [0.2, 0.25) is 11.8 Å². The van der Waals surface area contributed by atoms with E-state index in [0.29, 0.717) is 55.8 Å². The van der Waals surface area contributed by atoms with Crippen molar-refractivity contribution in [3.8, 4) is 28.9 Å². The van der Waals surface area contributed by atoms with E-state index in [0.717, 1.165) is 36.9 Å². The first-order valence-corrected chi connectivity index (χ1v) is 16.1. The van der Waals surface area contributed by atoms with Crippen LogP contribution in [0.4, 0.5) is 18.9 Å². The Balaban J connectivity index is 1.37. The number of carbonyl (C=O) groups is 1. The van der Waals surface area contributed by atoms with Gasteiger partial charge >= 0.3 is 6.18 Å². The molecule has 43 heavy (non-hydrogen) atoms. The van der Waals surface area contributed by atoms with E-state index < -0.39 is 39.0 Å². The number of oxazole rings is 1. The van der Waals surface area contributed by atoms with Gasteiger partial charge < -0.3 is 14.6 Å². The van der Waals surface area contributed by atoms with Crippen molar-refractivity contribution in [1.82, 2.24) is 15.3 Å². The number of hydrogen-bond donors (Lipinski definition) is 1. The Morgan fingerprint density at radius 1 is 1.09 bits per heavy atom. The molecule has 226 valence electrons. The van der Waals surface area contributed by atoms with Crippen LogP contribution in [0, 0.1) is 17.2 Å². The third kappa shape index (κ3) is 6.11. The molecule has 3 fully saturated rings. The zero-order valence-corrected chi connectivity index (χ0v) is 24.0. The second-order valence-electron chi connectivity index (χ2n) is 11.5. The minimum Gasteiger partial charge on any atom is -0.439 e. The summed E-state index contributed by atoms with van der Waals surface area (Å²) in [5.74, 6) is -0.670. The number of amides is 1. The third-order valence-corrected chi connectivity index (χ3v) is 10.2. The molecule has 2 aliphatic carbocycles. The lowest BCUT2D eigenvalue weighted by Gasteiger charge is -2.30. The molecule has 6 rings (SSSR count). The lowest BCUT2D eigenvalue weighted by Crippen LogP contribution is -2.42. The molecule has 1 aliphatic heterocycles. The molecule has 2 unspecified atom stereocenters. The van der Waals surface area contributed by atoms with Crippen molar-refractivity contribution in [2.45, 2.75) is 56.2 Å². The predicted molar refractivity (Wildman–Crippen MR) is 151 cm³/mol. The summed E-state index contributed by atoms with van der Waals surface area (Å²) in [5.41, 5.74) is 0.100. The number of sulfone groups is 1. The van der Waals surface area contributed by atoms with Crippen LogP contribution < -0.4 is 10.2 Å². The van der Waals surface area contributed by atoms with Crippen molar-refractivity contribution < 1.29 is 30.8 Å². The van der Waals surface area contributed by atoms with E-state index in [4.69, 9.17) is 4.42 Å². The van der Waals surface area contributed by atoms with E-state index in [9.17, 15) is 31.6 Å². The number of hydrogen-bond acceptors (Lipinski definition) is 8. The van der Waals surface area contributed by atoms with Crippen molar-refractivity contribution >= 4 is 21.4 Å². The molecule has 0 spiro atoms. The number of aromatic nitrogens is 2. The van der Waals surface area contributed by atoms with E-state index in [1.165, 1.54) is 0 Å². The topological polar surface area (TPSA) is 129 Å². The standard InChI is InChI=1S/C30H30F3N5O4S/c31-30(32,33)20-9-12-35-24(17-20)28-36-25(19-5-7-21(8-6-19)38-13-15-43(40,41)16-14-38)26(42-28)22-3-1-2-4-23(22)27(39)37-29(18-34)10-11-29/h5-9,12,17,22-23H,1-4,10-11,13-16H2,(H,37,39). The summed E-state index contributed by atoms with van der Waals surface area (Å²) in [4.78, 5) is 24.1. The second-order valence-corrected chi connectivity index (χ2v) is 13.8. The molecule has 1 amide bonds. The van der Waals surface area contributed by atoms with Gasteiger partial charge in [-0.15, -0.1) is 0 Å². The van der Waals surface area contributed by atoms with Crippen molar-refractivity contribution in [1.29, 1.82) is 5.26 Å². The number of nitrogens with zero attached hydrogens (tertiary/aromatic N) is 4. The maximum absolute atomic E-state index is 13.5. The molecule has 3 aliphatic rings. The minimum absolute atomic E-state index is 0.0771. The highest BCUT2D eigenvalue weighted by Gasteiger charge is 2.47. The first-order chi connectivity index (χ1) is 20.5. The van der Waals surface area contributed by atoms with Gasteiger partial charge in [-0.1, -0.05) is 25.0 Å². The molecule has 13 heteroatoms. The Morgan fingerprint density at radius 2 is 1.79 bits per heavy atom. The summed E-state index contributed by atoms with van der Waals surface area (Å²) in [6.07, 6.45) is 0.504. The molecule has 1 N–H and O–H groups in total. The van der Waals surface area contributed by atoms with Gasteiger partial charge in [0.05, 0.1) is 23.1 Å². The molecule has 1 aromatic carbocycles. The highest BCUT2D eigenvalue weighted by Crippen LogP contribution is 2.45. The largest absolute Gasteiger partial charge is 0.439 e. The third-order valence-electron chi connectivity index (χ3n) is 8.58. The fourth-order valence-electron chi connectivity index (χ4n) is 5.90. The highest BCUT2D eigenvalue weighted by molar-refractivity contribution is 7.91. The van der Waals surface area contributed by atoms with E-state index in [1.807, 2.05) is 29.2 Å². The number of carbonyl (C=O) groups excluding carboxylic acids is 1. The highest BCUT2D eigenvalue weighted by atomic mass is 32.2. The zero-order chi connectivity index (χ0) is 30.4. The Labute approximate surface area is 247 Å². The van der Waals surface area contributed by atoms with Crippen molar-refractivity contribution in [2.75, 3.05) is 29.5 Å². The predicted octanol–water partition coefficient (Wildman–Crippen LogP) is 5.10. The van der Waals surface area contributed by atoms with Crippen LogP contribution in [0.5, 0.6) is 0 Å². The van der Waals surface area contributed by atoms with Crippen LogP contribution >= 0.6 is 0 Å². The molecule has 9 nitrogen and oxygen atoms in total.